The summed E-state index contributed by atoms with van der Waals surface area (Å²) in [6.07, 6.45) is 0. The van der Waals surface area contributed by atoms with Crippen LogP contribution in [-0.2, 0) is 16.6 Å². The Balaban J connectivity index is 2.70. The van der Waals surface area contributed by atoms with Gasteiger partial charge in [-0.1, -0.05) is 12.1 Å². The summed E-state index contributed by atoms with van der Waals surface area (Å²) < 4.78 is 2.40. The van der Waals surface area contributed by atoms with Crippen LogP contribution >= 0.6 is 0 Å². The number of nitrogens with one attached hydrogen (secondary N) is 1. The van der Waals surface area contributed by atoms with Crippen LogP contribution in [0.4, 0.5) is 0 Å². The van der Waals surface area contributed by atoms with E-state index in [0.717, 1.165) is 4.57 Å². The van der Waals surface area contributed by atoms with E-state index in [-0.39, 0.29) is 5.62 Å². The standard InChI is InChI=1S/C12H12N4O5/c1-15-7-4-2-3-5-8(7)16(10(19)11(20)21)12(15)14-13-6-9(17)18/h2-5,13H,6H2,1H3,(H,17,18)(H,20,21)/b14-12+. The van der Waals surface area contributed by atoms with Crippen molar-refractivity contribution >= 4 is 28.9 Å². The van der Waals surface area contributed by atoms with Gasteiger partial charge in [0.15, 0.2) is 0 Å². The first-order chi connectivity index (χ1) is 9.93. The number of aromatic nitrogens is 2. The van der Waals surface area contributed by atoms with Crippen LogP contribution in [0, 0.1) is 0 Å². The molecule has 0 aliphatic carbocycles. The molecule has 110 valence electrons. The van der Waals surface area contributed by atoms with Gasteiger partial charge < -0.3 is 14.8 Å². The van der Waals surface area contributed by atoms with E-state index >= 15 is 0 Å². The fraction of sp³-hybridized carbons (Fsp3) is 0.167. The third kappa shape index (κ3) is 2.61. The molecule has 3 N–H and O–H groups in total. The Morgan fingerprint density at radius 3 is 2.38 bits per heavy atom. The van der Waals surface area contributed by atoms with E-state index in [1.165, 1.54) is 4.57 Å². The van der Waals surface area contributed by atoms with Crippen molar-refractivity contribution in [3.8, 4) is 0 Å². The third-order valence-electron chi connectivity index (χ3n) is 2.78. The van der Waals surface area contributed by atoms with E-state index in [0.29, 0.717) is 11.0 Å². The maximum Gasteiger partial charge on any atom is 0.395 e. The molecule has 0 fully saturated rings. The van der Waals surface area contributed by atoms with Crippen molar-refractivity contribution in [2.75, 3.05) is 6.54 Å². The number of carbonyl (C=O) groups excluding carboxylic acids is 1. The van der Waals surface area contributed by atoms with Crippen LogP contribution in [0.1, 0.15) is 4.79 Å². The summed E-state index contributed by atoms with van der Waals surface area (Å²) in [4.78, 5) is 33.3. The van der Waals surface area contributed by atoms with Gasteiger partial charge >= 0.3 is 17.8 Å². The smallest absolute Gasteiger partial charge is 0.395 e. The summed E-state index contributed by atoms with van der Waals surface area (Å²) in [7, 11) is 1.59. The SMILES string of the molecule is Cn1/c(=N\NCC(=O)O)n(C(=O)C(=O)O)c2ccccc21. The Morgan fingerprint density at radius 1 is 1.19 bits per heavy atom. The van der Waals surface area contributed by atoms with Crippen molar-refractivity contribution in [2.45, 2.75) is 0 Å². The highest BCUT2D eigenvalue weighted by atomic mass is 16.4. The molecule has 0 atom stereocenters. The lowest BCUT2D eigenvalue weighted by Crippen LogP contribution is -2.35. The molecule has 1 heterocycles. The average Bonchev–Trinajstić information content (AvgIpc) is 2.71. The second kappa shape index (κ2) is 5.49. The molecule has 0 saturated carbocycles. The highest BCUT2D eigenvalue weighted by Crippen LogP contribution is 2.11. The first kappa shape index (κ1) is 14.3. The van der Waals surface area contributed by atoms with Gasteiger partial charge in [-0.2, -0.15) is 0 Å². The zero-order valence-corrected chi connectivity index (χ0v) is 11.0. The van der Waals surface area contributed by atoms with Gasteiger partial charge in [0, 0.05) is 7.05 Å². The number of hydrogen-bond donors (Lipinski definition) is 3. The molecule has 0 aliphatic heterocycles. The molecule has 0 saturated heterocycles. The van der Waals surface area contributed by atoms with E-state index < -0.39 is 24.4 Å². The highest BCUT2D eigenvalue weighted by molar-refractivity contribution is 6.33. The van der Waals surface area contributed by atoms with Crippen molar-refractivity contribution in [2.24, 2.45) is 12.1 Å². The van der Waals surface area contributed by atoms with Gasteiger partial charge in [0.1, 0.15) is 6.54 Å². The number of carboxylic acid groups (broad SMARTS) is 2. The Bertz CT molecular complexity index is 802. The number of imidazole rings is 1. The largest absolute Gasteiger partial charge is 0.480 e. The number of benzene rings is 1. The normalized spacial score (nSPS) is 11.6. The lowest BCUT2D eigenvalue weighted by atomic mass is 10.3. The first-order valence-corrected chi connectivity index (χ1v) is 5.86. The van der Waals surface area contributed by atoms with Crippen LogP contribution in [0.5, 0.6) is 0 Å². The summed E-state index contributed by atoms with van der Waals surface area (Å²) in [5.41, 5.74) is 3.22. The van der Waals surface area contributed by atoms with Crippen LogP contribution in [0.25, 0.3) is 11.0 Å². The van der Waals surface area contributed by atoms with Gasteiger partial charge in [-0.05, 0) is 12.1 Å². The van der Waals surface area contributed by atoms with Crippen LogP contribution in [0.15, 0.2) is 29.4 Å². The minimum absolute atomic E-state index is 0.00940. The molecule has 2 aromatic rings. The Labute approximate surface area is 117 Å². The molecule has 1 aromatic carbocycles. The number of nitrogens with zero attached hydrogens (tertiary/aromatic N) is 3. The number of para-hydroxylation sites is 2. The second-order valence-corrected chi connectivity index (χ2v) is 4.13. The lowest BCUT2D eigenvalue weighted by Gasteiger charge is -2.00. The first-order valence-electron chi connectivity index (χ1n) is 5.86. The van der Waals surface area contributed by atoms with Crippen LogP contribution < -0.4 is 11.0 Å². The molecule has 1 aromatic heterocycles. The second-order valence-electron chi connectivity index (χ2n) is 4.13. The summed E-state index contributed by atoms with van der Waals surface area (Å²) in [6, 6.07) is 6.65. The van der Waals surface area contributed by atoms with Crippen LogP contribution in [-0.4, -0.2) is 43.7 Å². The summed E-state index contributed by atoms with van der Waals surface area (Å²) in [5.74, 6) is -3.94. The van der Waals surface area contributed by atoms with Crippen molar-refractivity contribution in [1.82, 2.24) is 14.6 Å². The van der Waals surface area contributed by atoms with Crippen molar-refractivity contribution in [3.63, 3.8) is 0 Å². The van der Waals surface area contributed by atoms with Gasteiger partial charge in [0.25, 0.3) is 0 Å². The molecule has 9 heteroatoms. The number of carbonyl (C=O) groups is 3. The number of aliphatic carboxylic acids is 2. The minimum atomic E-state index is -1.63. The van der Waals surface area contributed by atoms with Gasteiger partial charge in [0.2, 0.25) is 5.62 Å². The monoisotopic (exact) mass is 292 g/mol. The summed E-state index contributed by atoms with van der Waals surface area (Å²) in [6.45, 7) is -0.456. The Morgan fingerprint density at radius 2 is 1.81 bits per heavy atom. The number of hydrogen-bond acceptors (Lipinski definition) is 5. The van der Waals surface area contributed by atoms with Gasteiger partial charge in [-0.3, -0.25) is 15.0 Å². The average molecular weight is 292 g/mol. The molecule has 9 nitrogen and oxygen atoms in total. The van der Waals surface area contributed by atoms with Crippen LogP contribution in [0.2, 0.25) is 0 Å². The summed E-state index contributed by atoms with van der Waals surface area (Å²) >= 11 is 0. The Hall–Kier alpha value is -3.10. The maximum absolute atomic E-state index is 11.8. The lowest BCUT2D eigenvalue weighted by molar-refractivity contribution is -0.136. The Kier molecular flexibility index (Phi) is 3.74. The molecule has 2 rings (SSSR count). The maximum atomic E-state index is 11.8. The minimum Gasteiger partial charge on any atom is -0.480 e. The van der Waals surface area contributed by atoms with Crippen LogP contribution in [0.3, 0.4) is 0 Å². The molecule has 0 unspecified atom stereocenters. The molecule has 0 spiro atoms. The van der Waals surface area contributed by atoms with E-state index in [1.54, 1.807) is 31.3 Å². The number of fused-ring (bicyclic) bond motifs is 1. The molecule has 21 heavy (non-hydrogen) atoms. The molecule has 0 radical (unpaired) electrons. The van der Waals surface area contributed by atoms with Gasteiger partial charge in [-0.25, -0.2) is 9.36 Å². The topological polar surface area (TPSA) is 126 Å². The van der Waals surface area contributed by atoms with Crippen molar-refractivity contribution in [3.05, 3.63) is 29.9 Å². The predicted octanol–water partition coefficient (Wildman–Crippen LogP) is -0.805. The highest BCUT2D eigenvalue weighted by Gasteiger charge is 2.20. The van der Waals surface area contributed by atoms with E-state index in [9.17, 15) is 14.4 Å². The summed E-state index contributed by atoms with van der Waals surface area (Å²) in [5, 5.41) is 21.3. The van der Waals surface area contributed by atoms with Gasteiger partial charge in [-0.15, -0.1) is 5.10 Å². The molecular weight excluding hydrogens is 280 g/mol. The zero-order chi connectivity index (χ0) is 15.6. The molecule has 0 amide bonds. The van der Waals surface area contributed by atoms with Crippen molar-refractivity contribution < 1.29 is 24.6 Å². The number of rotatable bonds is 3. The molecule has 0 bridgehead atoms. The molecular formula is C12H12N4O5. The quantitative estimate of drug-likeness (QED) is 0.502. The fourth-order valence-corrected chi connectivity index (χ4v) is 1.90. The number of aryl methyl sites for hydroxylation is 1. The predicted molar refractivity (Wildman–Crippen MR) is 70.4 cm³/mol. The third-order valence-corrected chi connectivity index (χ3v) is 2.78. The van der Waals surface area contributed by atoms with E-state index in [4.69, 9.17) is 10.2 Å². The fourth-order valence-electron chi connectivity index (χ4n) is 1.90. The molecule has 0 aliphatic rings. The van der Waals surface area contributed by atoms with Crippen molar-refractivity contribution in [1.29, 1.82) is 0 Å². The van der Waals surface area contributed by atoms with E-state index in [2.05, 4.69) is 10.5 Å². The van der Waals surface area contributed by atoms with Gasteiger partial charge in [0.05, 0.1) is 11.0 Å². The number of carboxylic acids is 2. The zero-order valence-electron chi connectivity index (χ0n) is 11.0. The van der Waals surface area contributed by atoms with E-state index in [1.807, 2.05) is 0 Å².